The highest BCUT2D eigenvalue weighted by Crippen LogP contribution is 2.14. The van der Waals surface area contributed by atoms with E-state index in [1.54, 1.807) is 14.2 Å². The van der Waals surface area contributed by atoms with Crippen molar-refractivity contribution in [2.45, 2.75) is 13.0 Å². The fourth-order valence-electron chi connectivity index (χ4n) is 2.25. The first-order valence-electron chi connectivity index (χ1n) is 7.91. The van der Waals surface area contributed by atoms with Gasteiger partial charge in [0.25, 0.3) is 0 Å². The summed E-state index contributed by atoms with van der Waals surface area (Å²) in [4.78, 5) is 7.62. The van der Waals surface area contributed by atoms with E-state index in [4.69, 9.17) is 9.47 Å². The van der Waals surface area contributed by atoms with Crippen molar-refractivity contribution < 1.29 is 9.47 Å². The lowest BCUT2D eigenvalue weighted by atomic mass is 10.2. The number of methoxy groups -OCH3 is 1. The molecule has 7 heteroatoms. The SMILES string of the molecule is CN=C(NCCCOCCOC)NCc1cc2ccccc2[nH]1.I. The van der Waals surface area contributed by atoms with Crippen LogP contribution in [0.15, 0.2) is 35.3 Å². The normalized spacial score (nSPS) is 11.3. The first-order valence-corrected chi connectivity index (χ1v) is 7.91. The number of halogens is 1. The largest absolute Gasteiger partial charge is 0.382 e. The van der Waals surface area contributed by atoms with Crippen LogP contribution in [0.25, 0.3) is 10.9 Å². The molecule has 0 amide bonds. The lowest BCUT2D eigenvalue weighted by molar-refractivity contribution is 0.0698. The number of nitrogens with one attached hydrogen (secondary N) is 3. The van der Waals surface area contributed by atoms with Gasteiger partial charge in [0, 0.05) is 38.5 Å². The fraction of sp³-hybridized carbons (Fsp3) is 0.471. The molecule has 0 saturated carbocycles. The van der Waals surface area contributed by atoms with Crippen LogP contribution in [-0.4, -0.2) is 51.5 Å². The number of H-pyrrole nitrogens is 1. The third-order valence-corrected chi connectivity index (χ3v) is 3.45. The zero-order valence-electron chi connectivity index (χ0n) is 14.3. The summed E-state index contributed by atoms with van der Waals surface area (Å²) < 4.78 is 10.3. The molecule has 1 aromatic heterocycles. The molecule has 0 aliphatic rings. The highest BCUT2D eigenvalue weighted by Gasteiger charge is 2.01. The summed E-state index contributed by atoms with van der Waals surface area (Å²) in [7, 11) is 3.45. The molecule has 0 radical (unpaired) electrons. The number of aromatic nitrogens is 1. The monoisotopic (exact) mass is 446 g/mol. The summed E-state index contributed by atoms with van der Waals surface area (Å²) in [6.45, 7) is 3.53. The molecule has 0 spiro atoms. The molecule has 0 bridgehead atoms. The summed E-state index contributed by atoms with van der Waals surface area (Å²) >= 11 is 0. The van der Waals surface area contributed by atoms with Gasteiger partial charge in [-0.3, -0.25) is 4.99 Å². The third-order valence-electron chi connectivity index (χ3n) is 3.45. The van der Waals surface area contributed by atoms with E-state index in [0.29, 0.717) is 19.8 Å². The van der Waals surface area contributed by atoms with Gasteiger partial charge in [-0.25, -0.2) is 0 Å². The van der Waals surface area contributed by atoms with Gasteiger partial charge < -0.3 is 25.1 Å². The highest BCUT2D eigenvalue weighted by molar-refractivity contribution is 14.0. The number of hydrogen-bond donors (Lipinski definition) is 3. The third kappa shape index (κ3) is 7.06. The van der Waals surface area contributed by atoms with Gasteiger partial charge in [-0.2, -0.15) is 0 Å². The summed E-state index contributed by atoms with van der Waals surface area (Å²) in [5.41, 5.74) is 2.29. The molecule has 1 aromatic carbocycles. The van der Waals surface area contributed by atoms with E-state index >= 15 is 0 Å². The van der Waals surface area contributed by atoms with Crippen LogP contribution in [0.2, 0.25) is 0 Å². The minimum atomic E-state index is 0. The maximum Gasteiger partial charge on any atom is 0.191 e. The lowest BCUT2D eigenvalue weighted by Gasteiger charge is -2.11. The van der Waals surface area contributed by atoms with Crippen LogP contribution in [0.1, 0.15) is 12.1 Å². The van der Waals surface area contributed by atoms with E-state index in [2.05, 4.69) is 38.8 Å². The van der Waals surface area contributed by atoms with Crippen LogP contribution in [-0.2, 0) is 16.0 Å². The van der Waals surface area contributed by atoms with Gasteiger partial charge in [0.15, 0.2) is 5.96 Å². The zero-order chi connectivity index (χ0) is 16.3. The van der Waals surface area contributed by atoms with E-state index in [0.717, 1.165) is 36.7 Å². The predicted octanol–water partition coefficient (Wildman–Crippen LogP) is 2.50. The summed E-state index contributed by atoms with van der Waals surface area (Å²) in [5, 5.41) is 7.81. The van der Waals surface area contributed by atoms with Gasteiger partial charge in [-0.05, 0) is 23.9 Å². The van der Waals surface area contributed by atoms with Crippen LogP contribution < -0.4 is 10.6 Å². The number of guanidine groups is 1. The van der Waals surface area contributed by atoms with Gasteiger partial charge in [0.2, 0.25) is 0 Å². The van der Waals surface area contributed by atoms with E-state index in [1.165, 1.54) is 5.39 Å². The fourth-order valence-corrected chi connectivity index (χ4v) is 2.25. The molecule has 6 nitrogen and oxygen atoms in total. The number of nitrogens with zero attached hydrogens (tertiary/aromatic N) is 1. The van der Waals surface area contributed by atoms with Crippen LogP contribution in [0.4, 0.5) is 0 Å². The van der Waals surface area contributed by atoms with Crippen molar-refractivity contribution in [3.63, 3.8) is 0 Å². The van der Waals surface area contributed by atoms with Gasteiger partial charge in [-0.15, -0.1) is 24.0 Å². The average Bonchev–Trinajstić information content (AvgIpc) is 2.99. The minimum absolute atomic E-state index is 0. The topological polar surface area (TPSA) is 70.7 Å². The molecule has 0 atom stereocenters. The van der Waals surface area contributed by atoms with Crippen molar-refractivity contribution in [3.8, 4) is 0 Å². The van der Waals surface area contributed by atoms with Crippen molar-refractivity contribution in [3.05, 3.63) is 36.0 Å². The molecule has 134 valence electrons. The average molecular weight is 446 g/mol. The van der Waals surface area contributed by atoms with E-state index in [-0.39, 0.29) is 24.0 Å². The summed E-state index contributed by atoms with van der Waals surface area (Å²) in [5.74, 6) is 0.792. The van der Waals surface area contributed by atoms with Gasteiger partial charge in [-0.1, -0.05) is 18.2 Å². The Hall–Kier alpha value is -1.32. The van der Waals surface area contributed by atoms with Crippen molar-refractivity contribution in [2.24, 2.45) is 4.99 Å². The van der Waals surface area contributed by atoms with Gasteiger partial charge in [0.1, 0.15) is 0 Å². The molecular formula is C17H27IN4O2. The number of rotatable bonds is 9. The number of fused-ring (bicyclic) bond motifs is 1. The van der Waals surface area contributed by atoms with Crippen molar-refractivity contribution in [1.82, 2.24) is 15.6 Å². The number of ether oxygens (including phenoxy) is 2. The second kappa shape index (κ2) is 12.1. The second-order valence-electron chi connectivity index (χ2n) is 5.19. The molecule has 24 heavy (non-hydrogen) atoms. The number of aromatic amines is 1. The van der Waals surface area contributed by atoms with Crippen LogP contribution in [0, 0.1) is 0 Å². The first kappa shape index (κ1) is 20.7. The smallest absolute Gasteiger partial charge is 0.191 e. The van der Waals surface area contributed by atoms with Gasteiger partial charge in [0.05, 0.1) is 19.8 Å². The number of para-hydroxylation sites is 1. The maximum atomic E-state index is 5.42. The lowest BCUT2D eigenvalue weighted by Crippen LogP contribution is -2.37. The highest BCUT2D eigenvalue weighted by atomic mass is 127. The summed E-state index contributed by atoms with van der Waals surface area (Å²) in [6.07, 6.45) is 0.927. The van der Waals surface area contributed by atoms with E-state index in [1.807, 2.05) is 12.1 Å². The predicted molar refractivity (Wildman–Crippen MR) is 109 cm³/mol. The van der Waals surface area contributed by atoms with E-state index in [9.17, 15) is 0 Å². The van der Waals surface area contributed by atoms with Crippen LogP contribution >= 0.6 is 24.0 Å². The Kier molecular flexibility index (Phi) is 10.4. The Morgan fingerprint density at radius 2 is 2.00 bits per heavy atom. The second-order valence-corrected chi connectivity index (χ2v) is 5.19. The Balaban J connectivity index is 0.00000288. The Morgan fingerprint density at radius 1 is 1.17 bits per heavy atom. The molecule has 0 saturated heterocycles. The van der Waals surface area contributed by atoms with Crippen molar-refractivity contribution in [2.75, 3.05) is 40.5 Å². The molecule has 2 rings (SSSR count). The summed E-state index contributed by atoms with van der Waals surface area (Å²) in [6, 6.07) is 10.4. The standard InChI is InChI=1S/C17H26N4O2.HI/c1-18-17(19-8-5-9-23-11-10-22-2)20-13-15-12-14-6-3-4-7-16(14)21-15;/h3-4,6-7,12,21H,5,8-11,13H2,1-2H3,(H2,18,19,20);1H. The molecule has 0 fully saturated rings. The van der Waals surface area contributed by atoms with Gasteiger partial charge >= 0.3 is 0 Å². The molecule has 2 aromatic rings. The zero-order valence-corrected chi connectivity index (χ0v) is 16.6. The molecular weight excluding hydrogens is 419 g/mol. The Labute approximate surface area is 160 Å². The first-order chi connectivity index (χ1) is 11.3. The Bertz CT molecular complexity index is 582. The molecule has 3 N–H and O–H groups in total. The number of benzene rings is 1. The molecule has 0 aliphatic heterocycles. The Morgan fingerprint density at radius 3 is 2.75 bits per heavy atom. The molecule has 0 aliphatic carbocycles. The van der Waals surface area contributed by atoms with Crippen LogP contribution in [0.5, 0.6) is 0 Å². The quantitative estimate of drug-likeness (QED) is 0.240. The van der Waals surface area contributed by atoms with Crippen molar-refractivity contribution >= 4 is 40.8 Å². The van der Waals surface area contributed by atoms with Crippen LogP contribution in [0.3, 0.4) is 0 Å². The number of hydrogen-bond acceptors (Lipinski definition) is 3. The number of aliphatic imine (C=N–C) groups is 1. The maximum absolute atomic E-state index is 5.42. The van der Waals surface area contributed by atoms with Crippen molar-refractivity contribution in [1.29, 1.82) is 0 Å². The van der Waals surface area contributed by atoms with E-state index < -0.39 is 0 Å². The molecule has 1 heterocycles. The molecule has 0 unspecified atom stereocenters. The minimum Gasteiger partial charge on any atom is -0.382 e.